The van der Waals surface area contributed by atoms with Gasteiger partial charge in [0, 0.05) is 5.69 Å². The normalized spacial score (nSPS) is 16.1. The van der Waals surface area contributed by atoms with Crippen LogP contribution in [0.5, 0.6) is 5.75 Å². The lowest BCUT2D eigenvalue weighted by Crippen LogP contribution is -2.16. The number of hydrogen-bond acceptors (Lipinski definition) is 3. The van der Waals surface area contributed by atoms with Crippen LogP contribution in [0.25, 0.3) is 0 Å². The summed E-state index contributed by atoms with van der Waals surface area (Å²) in [7, 11) is 1.61. The van der Waals surface area contributed by atoms with Crippen LogP contribution in [-0.4, -0.2) is 13.2 Å². The van der Waals surface area contributed by atoms with E-state index < -0.39 is 6.09 Å². The molecule has 0 aromatic heterocycles. The minimum absolute atomic E-state index is 0.153. The van der Waals surface area contributed by atoms with E-state index in [2.05, 4.69) is 11.4 Å². The summed E-state index contributed by atoms with van der Waals surface area (Å²) in [6, 6.07) is 15.2. The van der Waals surface area contributed by atoms with Crippen molar-refractivity contribution >= 4 is 11.8 Å². The Labute approximate surface area is 123 Å². The summed E-state index contributed by atoms with van der Waals surface area (Å²) in [5, 5.41) is 2.73. The average Bonchev–Trinajstić information content (AvgIpc) is 2.91. The van der Waals surface area contributed by atoms with Gasteiger partial charge in [0.15, 0.2) is 0 Å². The van der Waals surface area contributed by atoms with Crippen molar-refractivity contribution in [3.8, 4) is 5.75 Å². The van der Waals surface area contributed by atoms with Gasteiger partial charge >= 0.3 is 6.09 Å². The van der Waals surface area contributed by atoms with Crippen molar-refractivity contribution in [2.24, 2.45) is 0 Å². The minimum atomic E-state index is -0.429. The van der Waals surface area contributed by atoms with E-state index in [9.17, 15) is 4.79 Å². The molecule has 0 heterocycles. The lowest BCUT2D eigenvalue weighted by molar-refractivity contribution is 0.112. The number of anilines is 1. The number of carbonyl (C=O) groups is 1. The summed E-state index contributed by atoms with van der Waals surface area (Å²) in [5.74, 6) is 0.749. The number of rotatable bonds is 3. The molecule has 1 N–H and O–H groups in total. The maximum absolute atomic E-state index is 12.0. The molecule has 3 rings (SSSR count). The van der Waals surface area contributed by atoms with Gasteiger partial charge in [-0.1, -0.05) is 24.3 Å². The molecule has 1 aliphatic rings. The lowest BCUT2D eigenvalue weighted by Gasteiger charge is -2.14. The Morgan fingerprint density at radius 1 is 1.14 bits per heavy atom. The van der Waals surface area contributed by atoms with E-state index in [1.54, 1.807) is 31.4 Å². The first-order valence-corrected chi connectivity index (χ1v) is 6.96. The first kappa shape index (κ1) is 13.5. The van der Waals surface area contributed by atoms with Gasteiger partial charge in [-0.2, -0.15) is 0 Å². The van der Waals surface area contributed by atoms with Gasteiger partial charge in [0.2, 0.25) is 0 Å². The number of benzene rings is 2. The molecule has 4 heteroatoms. The molecule has 21 heavy (non-hydrogen) atoms. The first-order valence-electron chi connectivity index (χ1n) is 6.96. The molecule has 0 aliphatic heterocycles. The second kappa shape index (κ2) is 5.87. The van der Waals surface area contributed by atoms with Crippen LogP contribution < -0.4 is 10.1 Å². The Kier molecular flexibility index (Phi) is 3.77. The van der Waals surface area contributed by atoms with E-state index in [1.807, 2.05) is 18.2 Å². The third kappa shape index (κ3) is 2.99. The maximum Gasteiger partial charge on any atom is 0.412 e. The lowest BCUT2D eigenvalue weighted by atomic mass is 10.1. The van der Waals surface area contributed by atoms with Crippen LogP contribution in [0.2, 0.25) is 0 Å². The van der Waals surface area contributed by atoms with Gasteiger partial charge in [0.25, 0.3) is 0 Å². The van der Waals surface area contributed by atoms with E-state index in [0.717, 1.165) is 24.2 Å². The van der Waals surface area contributed by atoms with Gasteiger partial charge in [-0.15, -0.1) is 0 Å². The Hall–Kier alpha value is -2.49. The molecular weight excluding hydrogens is 266 g/mol. The fourth-order valence-electron chi connectivity index (χ4n) is 2.59. The largest absolute Gasteiger partial charge is 0.497 e. The van der Waals surface area contributed by atoms with Crippen LogP contribution in [0.4, 0.5) is 10.5 Å². The molecule has 1 unspecified atom stereocenters. The van der Waals surface area contributed by atoms with E-state index in [1.165, 1.54) is 5.56 Å². The Morgan fingerprint density at radius 2 is 1.90 bits per heavy atom. The van der Waals surface area contributed by atoms with Crippen molar-refractivity contribution < 1.29 is 14.3 Å². The molecule has 1 amide bonds. The number of methoxy groups -OCH3 is 1. The van der Waals surface area contributed by atoms with Crippen LogP contribution in [0.15, 0.2) is 48.5 Å². The molecule has 0 saturated carbocycles. The van der Waals surface area contributed by atoms with E-state index in [0.29, 0.717) is 5.69 Å². The number of nitrogens with one attached hydrogen (secondary N) is 1. The molecule has 2 aromatic carbocycles. The standard InChI is InChI=1S/C17H17NO3/c1-20-14-9-7-13(8-10-14)18-17(19)21-16-11-6-12-4-2-3-5-15(12)16/h2-5,7-10,16H,6,11H2,1H3,(H,18,19). The monoisotopic (exact) mass is 283 g/mol. The zero-order chi connectivity index (χ0) is 14.7. The third-order valence-corrected chi connectivity index (χ3v) is 3.66. The Morgan fingerprint density at radius 3 is 2.67 bits per heavy atom. The number of amides is 1. The fraction of sp³-hybridized carbons (Fsp3) is 0.235. The molecule has 0 spiro atoms. The molecule has 0 radical (unpaired) electrons. The van der Waals surface area contributed by atoms with Gasteiger partial charge in [0.1, 0.15) is 11.9 Å². The van der Waals surface area contributed by atoms with Crippen LogP contribution in [0.3, 0.4) is 0 Å². The topological polar surface area (TPSA) is 47.6 Å². The van der Waals surface area contributed by atoms with Crippen molar-refractivity contribution in [2.75, 3.05) is 12.4 Å². The third-order valence-electron chi connectivity index (χ3n) is 3.66. The number of fused-ring (bicyclic) bond motifs is 1. The van der Waals surface area contributed by atoms with E-state index >= 15 is 0 Å². The zero-order valence-electron chi connectivity index (χ0n) is 11.8. The minimum Gasteiger partial charge on any atom is -0.497 e. The summed E-state index contributed by atoms with van der Waals surface area (Å²) in [6.07, 6.45) is 1.22. The summed E-state index contributed by atoms with van der Waals surface area (Å²) in [6.45, 7) is 0. The van der Waals surface area contributed by atoms with Gasteiger partial charge in [-0.3, -0.25) is 5.32 Å². The summed E-state index contributed by atoms with van der Waals surface area (Å²) >= 11 is 0. The molecule has 2 aromatic rings. The highest BCUT2D eigenvalue weighted by atomic mass is 16.6. The van der Waals surface area contributed by atoms with E-state index in [4.69, 9.17) is 9.47 Å². The molecule has 108 valence electrons. The maximum atomic E-state index is 12.0. The first-order chi connectivity index (χ1) is 10.3. The van der Waals surface area contributed by atoms with Crippen molar-refractivity contribution in [1.29, 1.82) is 0 Å². The molecule has 0 bridgehead atoms. The molecule has 4 nitrogen and oxygen atoms in total. The Bertz CT molecular complexity index is 637. The Balaban J connectivity index is 1.62. The number of carbonyl (C=O) groups excluding carboxylic acids is 1. The van der Waals surface area contributed by atoms with Crippen LogP contribution in [0, 0.1) is 0 Å². The quantitative estimate of drug-likeness (QED) is 0.928. The second-order valence-electron chi connectivity index (χ2n) is 4.98. The van der Waals surface area contributed by atoms with Crippen molar-refractivity contribution in [3.63, 3.8) is 0 Å². The summed E-state index contributed by atoms with van der Waals surface area (Å²) in [5.41, 5.74) is 3.06. The second-order valence-corrected chi connectivity index (χ2v) is 4.98. The average molecular weight is 283 g/mol. The van der Waals surface area contributed by atoms with Gasteiger partial charge in [0.05, 0.1) is 7.11 Å². The molecular formula is C17H17NO3. The highest BCUT2D eigenvalue weighted by molar-refractivity contribution is 5.84. The molecule has 0 fully saturated rings. The molecule has 1 atom stereocenters. The summed E-state index contributed by atoms with van der Waals surface area (Å²) < 4.78 is 10.6. The number of hydrogen-bond donors (Lipinski definition) is 1. The van der Waals surface area contributed by atoms with Gasteiger partial charge < -0.3 is 9.47 Å². The van der Waals surface area contributed by atoms with Crippen LogP contribution in [-0.2, 0) is 11.2 Å². The number of ether oxygens (including phenoxy) is 2. The predicted molar refractivity (Wildman–Crippen MR) is 80.6 cm³/mol. The van der Waals surface area contributed by atoms with Crippen molar-refractivity contribution in [2.45, 2.75) is 18.9 Å². The predicted octanol–water partition coefficient (Wildman–Crippen LogP) is 3.93. The highest BCUT2D eigenvalue weighted by Gasteiger charge is 2.25. The van der Waals surface area contributed by atoms with Gasteiger partial charge in [-0.05, 0) is 48.2 Å². The van der Waals surface area contributed by atoms with E-state index in [-0.39, 0.29) is 6.10 Å². The van der Waals surface area contributed by atoms with Crippen LogP contribution in [0.1, 0.15) is 23.7 Å². The van der Waals surface area contributed by atoms with Gasteiger partial charge in [-0.25, -0.2) is 4.79 Å². The smallest absolute Gasteiger partial charge is 0.412 e. The molecule has 0 saturated heterocycles. The molecule has 1 aliphatic carbocycles. The number of aryl methyl sites for hydroxylation is 1. The van der Waals surface area contributed by atoms with Crippen LogP contribution >= 0.6 is 0 Å². The van der Waals surface area contributed by atoms with Crippen molar-refractivity contribution in [3.05, 3.63) is 59.7 Å². The van der Waals surface area contributed by atoms with Crippen molar-refractivity contribution in [1.82, 2.24) is 0 Å². The summed E-state index contributed by atoms with van der Waals surface area (Å²) in [4.78, 5) is 12.0. The zero-order valence-corrected chi connectivity index (χ0v) is 11.8. The highest BCUT2D eigenvalue weighted by Crippen LogP contribution is 2.33. The fourth-order valence-corrected chi connectivity index (χ4v) is 2.59. The SMILES string of the molecule is COc1ccc(NC(=O)OC2CCc3ccccc32)cc1.